The number of ether oxygens (including phenoxy) is 1. The summed E-state index contributed by atoms with van der Waals surface area (Å²) >= 11 is 6.35. The van der Waals surface area contributed by atoms with Gasteiger partial charge in [0.1, 0.15) is 0 Å². The number of fused-ring (bicyclic) bond motifs is 1. The quantitative estimate of drug-likeness (QED) is 0.492. The van der Waals surface area contributed by atoms with Crippen LogP contribution in [0.5, 0.6) is 0 Å². The van der Waals surface area contributed by atoms with Gasteiger partial charge in [0.25, 0.3) is 0 Å². The zero-order valence-corrected chi connectivity index (χ0v) is 18.8. The molecule has 3 heterocycles. The van der Waals surface area contributed by atoms with Gasteiger partial charge < -0.3 is 9.84 Å². The first-order chi connectivity index (χ1) is 15.5. The number of carboxylic acids is 1. The molecule has 0 radical (unpaired) electrons. The minimum Gasteiger partial charge on any atom is -0.481 e. The van der Waals surface area contributed by atoms with Crippen LogP contribution < -0.4 is 0 Å². The van der Waals surface area contributed by atoms with Crippen molar-refractivity contribution in [3.05, 3.63) is 88.5 Å². The highest BCUT2D eigenvalue weighted by atomic mass is 35.5. The van der Waals surface area contributed by atoms with E-state index in [1.807, 2.05) is 41.1 Å². The molecule has 1 aliphatic rings. The van der Waals surface area contributed by atoms with Gasteiger partial charge in [0.15, 0.2) is 0 Å². The molecule has 1 N–H and O–H groups in total. The lowest BCUT2D eigenvalue weighted by molar-refractivity contribution is -0.137. The van der Waals surface area contributed by atoms with Crippen molar-refractivity contribution < 1.29 is 14.6 Å². The molecule has 3 aromatic rings. The van der Waals surface area contributed by atoms with E-state index in [0.29, 0.717) is 31.1 Å². The predicted octanol–water partition coefficient (Wildman–Crippen LogP) is 5.07. The molecule has 4 rings (SSSR count). The Morgan fingerprint density at radius 3 is 2.72 bits per heavy atom. The molecule has 0 saturated heterocycles. The Balaban J connectivity index is 1.71. The van der Waals surface area contributed by atoms with E-state index < -0.39 is 11.4 Å². The normalized spacial score (nSPS) is 17.6. The van der Waals surface area contributed by atoms with Crippen LogP contribution in [0, 0.1) is 0 Å². The summed E-state index contributed by atoms with van der Waals surface area (Å²) in [5.74, 6) is -0.821. The van der Waals surface area contributed by atoms with Gasteiger partial charge in [-0.05, 0) is 60.4 Å². The molecule has 6 nitrogen and oxygen atoms in total. The van der Waals surface area contributed by atoms with Crippen molar-refractivity contribution in [2.24, 2.45) is 5.10 Å². The average Bonchev–Trinajstić information content (AvgIpc) is 3.22. The maximum Gasteiger partial charge on any atom is 0.303 e. The van der Waals surface area contributed by atoms with E-state index in [1.54, 1.807) is 12.4 Å². The molecular formula is C25H26ClN3O3. The second-order valence-corrected chi connectivity index (χ2v) is 8.49. The van der Waals surface area contributed by atoms with Gasteiger partial charge >= 0.3 is 5.97 Å². The van der Waals surface area contributed by atoms with Crippen LogP contribution in [0.1, 0.15) is 48.7 Å². The number of aromatic nitrogens is 2. The maximum atomic E-state index is 11.6. The lowest BCUT2D eigenvalue weighted by Gasteiger charge is -2.38. The van der Waals surface area contributed by atoms with Crippen molar-refractivity contribution in [1.29, 1.82) is 0 Å². The van der Waals surface area contributed by atoms with Gasteiger partial charge in [-0.1, -0.05) is 30.7 Å². The summed E-state index contributed by atoms with van der Waals surface area (Å²) in [5, 5.41) is 15.0. The summed E-state index contributed by atoms with van der Waals surface area (Å²) in [6, 6.07) is 15.7. The van der Waals surface area contributed by atoms with Gasteiger partial charge in [-0.3, -0.25) is 9.78 Å². The van der Waals surface area contributed by atoms with Crippen LogP contribution in [0.3, 0.4) is 0 Å². The summed E-state index contributed by atoms with van der Waals surface area (Å²) in [7, 11) is 0. The number of carboxylic acid groups (broad SMARTS) is 1. The predicted molar refractivity (Wildman–Crippen MR) is 124 cm³/mol. The molecule has 32 heavy (non-hydrogen) atoms. The number of aryl methyl sites for hydroxylation is 1. The van der Waals surface area contributed by atoms with Crippen LogP contribution in [-0.4, -0.2) is 33.1 Å². The number of nitrogens with zero attached hydrogens (tertiary/aromatic N) is 3. The fourth-order valence-electron chi connectivity index (χ4n) is 4.40. The Morgan fingerprint density at radius 2 is 2.00 bits per heavy atom. The molecule has 1 unspecified atom stereocenters. The molecule has 1 aromatic carbocycles. The van der Waals surface area contributed by atoms with Gasteiger partial charge in [0.05, 0.1) is 24.6 Å². The third-order valence-electron chi connectivity index (χ3n) is 5.96. The number of rotatable bonds is 9. The standard InChI is InChI=1S/C25H26ClN3O3/c1-2-22-6-7-23-25(11-8-24(30)31,19-4-3-5-20(26)14-19)15-21(28-29(22)23)17-32-16-18-9-12-27-13-10-18/h3-7,9-10,12-14H,2,8,11,15-17H2,1H3,(H,30,31). The topological polar surface area (TPSA) is 76.7 Å². The summed E-state index contributed by atoms with van der Waals surface area (Å²) in [4.78, 5) is 15.6. The van der Waals surface area contributed by atoms with Crippen LogP contribution in [-0.2, 0) is 28.0 Å². The van der Waals surface area contributed by atoms with E-state index in [4.69, 9.17) is 21.4 Å². The van der Waals surface area contributed by atoms with Gasteiger partial charge in [0, 0.05) is 41.4 Å². The summed E-state index contributed by atoms with van der Waals surface area (Å²) in [6.07, 6.45) is 5.37. The van der Waals surface area contributed by atoms with Crippen molar-refractivity contribution in [2.75, 3.05) is 6.61 Å². The minimum absolute atomic E-state index is 0.0459. The molecular weight excluding hydrogens is 426 g/mol. The summed E-state index contributed by atoms with van der Waals surface area (Å²) < 4.78 is 7.96. The lowest BCUT2D eigenvalue weighted by Crippen LogP contribution is -2.38. The van der Waals surface area contributed by atoms with Crippen molar-refractivity contribution in [1.82, 2.24) is 9.66 Å². The maximum absolute atomic E-state index is 11.6. The minimum atomic E-state index is -0.821. The largest absolute Gasteiger partial charge is 0.481 e. The molecule has 0 spiro atoms. The number of hydrogen-bond acceptors (Lipinski definition) is 4. The van der Waals surface area contributed by atoms with Crippen LogP contribution >= 0.6 is 11.6 Å². The molecule has 0 amide bonds. The Morgan fingerprint density at radius 1 is 1.19 bits per heavy atom. The highest BCUT2D eigenvalue weighted by Crippen LogP contribution is 2.44. The third-order valence-corrected chi connectivity index (χ3v) is 6.20. The van der Waals surface area contributed by atoms with Gasteiger partial charge in [0.2, 0.25) is 0 Å². The molecule has 7 heteroatoms. The van der Waals surface area contributed by atoms with Gasteiger partial charge in [-0.15, -0.1) is 0 Å². The molecule has 2 aromatic heterocycles. The first-order valence-electron chi connectivity index (χ1n) is 10.7. The zero-order valence-electron chi connectivity index (χ0n) is 18.0. The second kappa shape index (κ2) is 9.67. The highest BCUT2D eigenvalue weighted by molar-refractivity contribution is 6.30. The van der Waals surface area contributed by atoms with Gasteiger partial charge in [-0.25, -0.2) is 4.68 Å². The third kappa shape index (κ3) is 4.61. The number of aliphatic carboxylic acids is 1. The van der Waals surface area contributed by atoms with E-state index in [2.05, 4.69) is 24.0 Å². The first-order valence-corrected chi connectivity index (χ1v) is 11.1. The number of hydrogen-bond donors (Lipinski definition) is 1. The zero-order chi connectivity index (χ0) is 22.6. The van der Waals surface area contributed by atoms with Crippen LogP contribution in [0.4, 0.5) is 0 Å². The number of pyridine rings is 1. The summed E-state index contributed by atoms with van der Waals surface area (Å²) in [6.45, 7) is 2.91. The van der Waals surface area contributed by atoms with E-state index in [9.17, 15) is 9.90 Å². The second-order valence-electron chi connectivity index (χ2n) is 8.05. The lowest BCUT2D eigenvalue weighted by atomic mass is 9.70. The van der Waals surface area contributed by atoms with Gasteiger partial charge in [-0.2, -0.15) is 5.10 Å². The van der Waals surface area contributed by atoms with E-state index in [-0.39, 0.29) is 6.42 Å². The Bertz CT molecular complexity index is 1130. The molecule has 0 saturated carbocycles. The van der Waals surface area contributed by atoms with Crippen LogP contribution in [0.2, 0.25) is 5.02 Å². The fraction of sp³-hybridized carbons (Fsp3) is 0.320. The van der Waals surface area contributed by atoms with E-state index >= 15 is 0 Å². The molecule has 1 aliphatic heterocycles. The van der Waals surface area contributed by atoms with E-state index in [1.165, 1.54) is 0 Å². The average molecular weight is 452 g/mol. The monoisotopic (exact) mass is 451 g/mol. The van der Waals surface area contributed by atoms with Crippen molar-refractivity contribution in [3.63, 3.8) is 0 Å². The first kappa shape index (κ1) is 22.2. The van der Waals surface area contributed by atoms with E-state index in [0.717, 1.165) is 34.6 Å². The Kier molecular flexibility index (Phi) is 6.72. The Labute approximate surface area is 192 Å². The molecule has 0 fully saturated rings. The van der Waals surface area contributed by atoms with Crippen LogP contribution in [0.25, 0.3) is 0 Å². The SMILES string of the molecule is CCc1ccc2n1N=C(COCc1ccncc1)CC2(CCC(=O)O)c1cccc(Cl)c1. The fourth-order valence-corrected chi connectivity index (χ4v) is 4.59. The molecule has 166 valence electrons. The van der Waals surface area contributed by atoms with Crippen molar-refractivity contribution in [2.45, 2.75) is 44.6 Å². The number of benzene rings is 1. The Hall–Kier alpha value is -2.96. The number of halogens is 1. The summed E-state index contributed by atoms with van der Waals surface area (Å²) in [5.41, 5.74) is 4.44. The van der Waals surface area contributed by atoms with Crippen molar-refractivity contribution in [3.8, 4) is 0 Å². The molecule has 0 aliphatic carbocycles. The molecule has 1 atom stereocenters. The van der Waals surface area contributed by atoms with Crippen LogP contribution in [0.15, 0.2) is 66.0 Å². The molecule has 0 bridgehead atoms. The van der Waals surface area contributed by atoms with Crippen molar-refractivity contribution >= 4 is 23.3 Å². The number of carbonyl (C=O) groups is 1. The smallest absolute Gasteiger partial charge is 0.303 e. The highest BCUT2D eigenvalue weighted by Gasteiger charge is 2.41.